The van der Waals surface area contributed by atoms with E-state index < -0.39 is 5.41 Å². The Labute approximate surface area is 116 Å². The van der Waals surface area contributed by atoms with Crippen LogP contribution in [0.1, 0.15) is 19.4 Å². The lowest BCUT2D eigenvalue weighted by Gasteiger charge is -2.24. The average molecular weight is 276 g/mol. The molecule has 19 heavy (non-hydrogen) atoms. The van der Waals surface area contributed by atoms with E-state index in [0.717, 1.165) is 5.56 Å². The normalized spacial score (nSPS) is 11.1. The summed E-state index contributed by atoms with van der Waals surface area (Å²) in [6.07, 6.45) is 2.96. The summed E-state index contributed by atoms with van der Waals surface area (Å²) in [5.41, 5.74) is 0.0340. The summed E-state index contributed by atoms with van der Waals surface area (Å²) >= 11 is 6.15. The van der Waals surface area contributed by atoms with Gasteiger partial charge in [-0.3, -0.25) is 4.79 Å². The Morgan fingerprint density at radius 3 is 2.63 bits per heavy atom. The van der Waals surface area contributed by atoms with E-state index in [2.05, 4.69) is 15.3 Å². The maximum Gasteiger partial charge on any atom is 0.235 e. The first-order valence-corrected chi connectivity index (χ1v) is 6.22. The van der Waals surface area contributed by atoms with Gasteiger partial charge in [-0.25, -0.2) is 9.97 Å². The Bertz CT molecular complexity index is 584. The minimum absolute atomic E-state index is 0.167. The quantitative estimate of drug-likeness (QED) is 0.937. The number of benzene rings is 1. The van der Waals surface area contributed by atoms with Crippen molar-refractivity contribution in [3.8, 4) is 0 Å². The van der Waals surface area contributed by atoms with Gasteiger partial charge in [0.1, 0.15) is 12.1 Å². The molecule has 5 heteroatoms. The molecule has 1 aromatic carbocycles. The number of hydrogen-bond acceptors (Lipinski definition) is 3. The van der Waals surface area contributed by atoms with Crippen molar-refractivity contribution in [3.05, 3.63) is 53.4 Å². The third kappa shape index (κ3) is 2.90. The van der Waals surface area contributed by atoms with E-state index in [1.54, 1.807) is 18.3 Å². The molecule has 1 N–H and O–H groups in total. The predicted octanol–water partition coefficient (Wildman–Crippen LogP) is 3.05. The Hall–Kier alpha value is -1.94. The molecule has 1 aromatic heterocycles. The summed E-state index contributed by atoms with van der Waals surface area (Å²) in [6.45, 7) is 3.65. The number of hydrogen-bond donors (Lipinski definition) is 1. The molecule has 4 nitrogen and oxygen atoms in total. The number of nitrogens with zero attached hydrogens (tertiary/aromatic N) is 2. The van der Waals surface area contributed by atoms with Crippen LogP contribution in [0.3, 0.4) is 0 Å². The summed E-state index contributed by atoms with van der Waals surface area (Å²) < 4.78 is 0. The molecule has 2 aromatic rings. The van der Waals surface area contributed by atoms with Crippen LogP contribution < -0.4 is 5.32 Å². The van der Waals surface area contributed by atoms with Gasteiger partial charge in [0.05, 0.1) is 5.41 Å². The summed E-state index contributed by atoms with van der Waals surface area (Å²) in [6, 6.07) is 8.96. The highest BCUT2D eigenvalue weighted by atomic mass is 35.5. The van der Waals surface area contributed by atoms with Gasteiger partial charge in [-0.05, 0) is 31.5 Å². The standard InChI is InChI=1S/C14H14ClN3O/c1-14(2,10-5-3-4-6-11(10)15)13(19)18-12-7-8-16-9-17-12/h3-9H,1-2H3,(H,16,17,18,19). The molecule has 1 heterocycles. The maximum atomic E-state index is 12.4. The van der Waals surface area contributed by atoms with Gasteiger partial charge in [0.25, 0.3) is 0 Å². The number of rotatable bonds is 3. The highest BCUT2D eigenvalue weighted by Crippen LogP contribution is 2.30. The summed E-state index contributed by atoms with van der Waals surface area (Å²) in [7, 11) is 0. The Balaban J connectivity index is 2.25. The zero-order chi connectivity index (χ0) is 13.9. The van der Waals surface area contributed by atoms with Crippen LogP contribution in [0.5, 0.6) is 0 Å². The van der Waals surface area contributed by atoms with Gasteiger partial charge in [0.15, 0.2) is 0 Å². The summed E-state index contributed by atoms with van der Waals surface area (Å²) in [4.78, 5) is 20.1. The van der Waals surface area contributed by atoms with Crippen molar-refractivity contribution in [1.82, 2.24) is 9.97 Å². The highest BCUT2D eigenvalue weighted by Gasteiger charge is 2.31. The van der Waals surface area contributed by atoms with Crippen LogP contribution in [-0.4, -0.2) is 15.9 Å². The third-order valence-electron chi connectivity index (χ3n) is 2.94. The van der Waals surface area contributed by atoms with Crippen LogP contribution >= 0.6 is 11.6 Å². The second-order valence-electron chi connectivity index (χ2n) is 4.65. The Morgan fingerprint density at radius 1 is 1.26 bits per heavy atom. The van der Waals surface area contributed by atoms with Crippen molar-refractivity contribution in [3.63, 3.8) is 0 Å². The van der Waals surface area contributed by atoms with Crippen LogP contribution in [0.2, 0.25) is 5.02 Å². The van der Waals surface area contributed by atoms with Crippen LogP contribution in [-0.2, 0) is 10.2 Å². The topological polar surface area (TPSA) is 54.9 Å². The molecular formula is C14H14ClN3O. The minimum Gasteiger partial charge on any atom is -0.310 e. The second-order valence-corrected chi connectivity index (χ2v) is 5.06. The molecule has 0 saturated heterocycles. The first-order chi connectivity index (χ1) is 9.01. The molecule has 0 saturated carbocycles. The van der Waals surface area contributed by atoms with Crippen molar-refractivity contribution in [2.75, 3.05) is 5.32 Å². The lowest BCUT2D eigenvalue weighted by atomic mass is 9.83. The van der Waals surface area contributed by atoms with Gasteiger partial charge < -0.3 is 5.32 Å². The van der Waals surface area contributed by atoms with E-state index in [9.17, 15) is 4.79 Å². The Morgan fingerprint density at radius 2 is 2.00 bits per heavy atom. The zero-order valence-corrected chi connectivity index (χ0v) is 11.5. The molecule has 2 rings (SSSR count). The SMILES string of the molecule is CC(C)(C(=O)Nc1ccncn1)c1ccccc1Cl. The van der Waals surface area contributed by atoms with E-state index >= 15 is 0 Å². The van der Waals surface area contributed by atoms with Crippen molar-refractivity contribution in [1.29, 1.82) is 0 Å². The molecular weight excluding hydrogens is 262 g/mol. The van der Waals surface area contributed by atoms with E-state index in [4.69, 9.17) is 11.6 Å². The van der Waals surface area contributed by atoms with Crippen molar-refractivity contribution in [2.24, 2.45) is 0 Å². The van der Waals surface area contributed by atoms with Gasteiger partial charge in [-0.15, -0.1) is 0 Å². The van der Waals surface area contributed by atoms with Gasteiger partial charge >= 0.3 is 0 Å². The predicted molar refractivity (Wildman–Crippen MR) is 75.1 cm³/mol. The van der Waals surface area contributed by atoms with E-state index in [0.29, 0.717) is 10.8 Å². The molecule has 0 spiro atoms. The zero-order valence-electron chi connectivity index (χ0n) is 10.7. The number of amides is 1. The molecule has 0 fully saturated rings. The van der Waals surface area contributed by atoms with Crippen LogP contribution in [0.25, 0.3) is 0 Å². The third-order valence-corrected chi connectivity index (χ3v) is 3.27. The molecule has 0 bridgehead atoms. The number of halogens is 1. The molecule has 98 valence electrons. The molecule has 0 radical (unpaired) electrons. The summed E-state index contributed by atoms with van der Waals surface area (Å²) in [5.74, 6) is 0.305. The van der Waals surface area contributed by atoms with Crippen LogP contribution in [0, 0.1) is 0 Å². The molecule has 0 aliphatic carbocycles. The highest BCUT2D eigenvalue weighted by molar-refractivity contribution is 6.31. The smallest absolute Gasteiger partial charge is 0.235 e. The maximum absolute atomic E-state index is 12.4. The van der Waals surface area contributed by atoms with Gasteiger partial charge in [-0.1, -0.05) is 29.8 Å². The van der Waals surface area contributed by atoms with Gasteiger partial charge in [0.2, 0.25) is 5.91 Å². The average Bonchev–Trinajstić information content (AvgIpc) is 2.40. The number of aromatic nitrogens is 2. The van der Waals surface area contributed by atoms with Crippen LogP contribution in [0.15, 0.2) is 42.9 Å². The Kier molecular flexibility index (Phi) is 3.81. The van der Waals surface area contributed by atoms with E-state index in [1.807, 2.05) is 32.0 Å². The molecule has 0 aliphatic heterocycles. The molecule has 0 atom stereocenters. The van der Waals surface area contributed by atoms with Crippen molar-refractivity contribution in [2.45, 2.75) is 19.3 Å². The largest absolute Gasteiger partial charge is 0.310 e. The second kappa shape index (κ2) is 5.36. The molecule has 0 unspecified atom stereocenters. The minimum atomic E-state index is -0.747. The fraction of sp³-hybridized carbons (Fsp3) is 0.214. The fourth-order valence-electron chi connectivity index (χ4n) is 1.73. The van der Waals surface area contributed by atoms with E-state index in [-0.39, 0.29) is 5.91 Å². The summed E-state index contributed by atoms with van der Waals surface area (Å²) in [5, 5.41) is 3.33. The van der Waals surface area contributed by atoms with Crippen molar-refractivity contribution >= 4 is 23.3 Å². The molecule has 0 aliphatic rings. The fourth-order valence-corrected chi connectivity index (χ4v) is 2.10. The number of nitrogens with one attached hydrogen (secondary N) is 1. The number of carbonyl (C=O) groups is 1. The first-order valence-electron chi connectivity index (χ1n) is 5.84. The number of carbonyl (C=O) groups excluding carboxylic acids is 1. The molecule has 1 amide bonds. The lowest BCUT2D eigenvalue weighted by Crippen LogP contribution is -2.35. The van der Waals surface area contributed by atoms with Crippen LogP contribution in [0.4, 0.5) is 5.82 Å². The number of anilines is 1. The van der Waals surface area contributed by atoms with Crippen molar-refractivity contribution < 1.29 is 4.79 Å². The van der Waals surface area contributed by atoms with Gasteiger partial charge in [-0.2, -0.15) is 0 Å². The first kappa shape index (κ1) is 13.5. The van der Waals surface area contributed by atoms with Gasteiger partial charge in [0, 0.05) is 11.2 Å². The van der Waals surface area contributed by atoms with E-state index in [1.165, 1.54) is 6.33 Å². The lowest BCUT2D eigenvalue weighted by molar-refractivity contribution is -0.120. The monoisotopic (exact) mass is 275 g/mol.